The van der Waals surface area contributed by atoms with Crippen LogP contribution in [0.4, 0.5) is 0 Å². The van der Waals surface area contributed by atoms with Crippen molar-refractivity contribution in [3.63, 3.8) is 0 Å². The Kier molecular flexibility index (Phi) is 8.34. The van der Waals surface area contributed by atoms with E-state index in [2.05, 4.69) is 46.1 Å². The molecule has 6 nitrogen and oxygen atoms in total. The molecule has 0 radical (unpaired) electrons. The van der Waals surface area contributed by atoms with E-state index in [1.807, 2.05) is 30.5 Å². The quantitative estimate of drug-likeness (QED) is 0.416. The smallest absolute Gasteiger partial charge is 0.177 e. The number of nitrogens with two attached hydrogens (primary N) is 2. The van der Waals surface area contributed by atoms with Gasteiger partial charge < -0.3 is 15.6 Å². The van der Waals surface area contributed by atoms with Gasteiger partial charge in [0.1, 0.15) is 11.5 Å². The van der Waals surface area contributed by atoms with Crippen LogP contribution in [0.1, 0.15) is 17.1 Å². The lowest BCUT2D eigenvalue weighted by Crippen LogP contribution is -2.45. The van der Waals surface area contributed by atoms with Crippen LogP contribution in [0.25, 0.3) is 0 Å². The van der Waals surface area contributed by atoms with Gasteiger partial charge in [-0.25, -0.2) is 5.84 Å². The number of hydrazine groups is 1. The van der Waals surface area contributed by atoms with Crippen LogP contribution in [-0.4, -0.2) is 41.1 Å². The first-order valence-corrected chi connectivity index (χ1v) is 9.25. The highest BCUT2D eigenvalue weighted by atomic mass is 35.5. The number of hydrogen-bond acceptors (Lipinski definition) is 5. The molecule has 0 atom stereocenters. The molecule has 0 aliphatic carbocycles. The lowest BCUT2D eigenvalue weighted by Gasteiger charge is -2.34. The molecular formula is C18H26ClN5OS. The van der Waals surface area contributed by atoms with Crippen molar-refractivity contribution in [3.8, 4) is 0 Å². The van der Waals surface area contributed by atoms with Crippen LogP contribution in [0.5, 0.6) is 0 Å². The monoisotopic (exact) mass is 395 g/mol. The second-order valence-electron chi connectivity index (χ2n) is 6.20. The molecule has 1 aliphatic rings. The van der Waals surface area contributed by atoms with E-state index in [4.69, 9.17) is 21.8 Å². The van der Waals surface area contributed by atoms with Crippen molar-refractivity contribution in [2.24, 2.45) is 11.6 Å². The van der Waals surface area contributed by atoms with Crippen molar-refractivity contribution in [1.82, 2.24) is 15.2 Å². The van der Waals surface area contributed by atoms with Crippen molar-refractivity contribution in [3.05, 3.63) is 58.5 Å². The predicted molar refractivity (Wildman–Crippen MR) is 110 cm³/mol. The number of benzene rings is 1. The Morgan fingerprint density at radius 1 is 1.08 bits per heavy atom. The summed E-state index contributed by atoms with van der Waals surface area (Å²) in [5, 5.41) is 0.919. The van der Waals surface area contributed by atoms with E-state index in [0.717, 1.165) is 55.8 Å². The second-order valence-corrected chi connectivity index (χ2v) is 7.08. The maximum Gasteiger partial charge on any atom is 0.177 e. The highest BCUT2D eigenvalue weighted by Crippen LogP contribution is 2.15. The molecule has 1 aromatic heterocycles. The summed E-state index contributed by atoms with van der Waals surface area (Å²) in [6.07, 6.45) is 0. The first kappa shape index (κ1) is 20.7. The maximum atomic E-state index is 5.92. The molecular weight excluding hydrogens is 370 g/mol. The minimum absolute atomic E-state index is 0.116. The first-order valence-electron chi connectivity index (χ1n) is 8.47. The molecule has 0 unspecified atom stereocenters. The molecule has 5 N–H and O–H groups in total. The van der Waals surface area contributed by atoms with Crippen LogP contribution in [-0.2, 0) is 13.1 Å². The van der Waals surface area contributed by atoms with Gasteiger partial charge in [0, 0.05) is 37.7 Å². The van der Waals surface area contributed by atoms with Gasteiger partial charge >= 0.3 is 0 Å². The van der Waals surface area contributed by atoms with Crippen LogP contribution < -0.4 is 17.0 Å². The van der Waals surface area contributed by atoms with E-state index in [1.165, 1.54) is 5.56 Å². The zero-order valence-electron chi connectivity index (χ0n) is 15.0. The molecule has 0 saturated carbocycles. The number of nitrogens with one attached hydrogen (secondary N) is 1. The van der Waals surface area contributed by atoms with Gasteiger partial charge in [0.05, 0.1) is 6.54 Å². The Labute approximate surface area is 165 Å². The number of hydrogen-bond donors (Lipinski definition) is 3. The topological polar surface area (TPSA) is 83.7 Å². The summed E-state index contributed by atoms with van der Waals surface area (Å²) in [4.78, 5) is 4.95. The van der Waals surface area contributed by atoms with Gasteiger partial charge in [0.25, 0.3) is 0 Å². The molecule has 8 heteroatoms. The SMILES string of the molecule is Cc1ccc(CN2CCN(Cc3ccc(Cl)cc3)CC2)o1.NNC(N)=S. The van der Waals surface area contributed by atoms with E-state index in [9.17, 15) is 0 Å². The van der Waals surface area contributed by atoms with Crippen molar-refractivity contribution >= 4 is 28.9 Å². The molecule has 0 amide bonds. The third-order valence-corrected chi connectivity index (χ3v) is 4.47. The highest BCUT2D eigenvalue weighted by Gasteiger charge is 2.17. The van der Waals surface area contributed by atoms with Gasteiger partial charge in [-0.3, -0.25) is 9.80 Å². The van der Waals surface area contributed by atoms with E-state index >= 15 is 0 Å². The van der Waals surface area contributed by atoms with Gasteiger partial charge in [-0.15, -0.1) is 0 Å². The third kappa shape index (κ3) is 7.31. The Morgan fingerprint density at radius 2 is 1.62 bits per heavy atom. The fourth-order valence-electron chi connectivity index (χ4n) is 2.74. The van der Waals surface area contributed by atoms with Gasteiger partial charge in [-0.2, -0.15) is 0 Å². The summed E-state index contributed by atoms with van der Waals surface area (Å²) < 4.78 is 5.65. The average molecular weight is 396 g/mol. The molecule has 26 heavy (non-hydrogen) atoms. The Morgan fingerprint density at radius 3 is 2.08 bits per heavy atom. The molecule has 142 valence electrons. The largest absolute Gasteiger partial charge is 0.465 e. The van der Waals surface area contributed by atoms with Crippen LogP contribution in [0, 0.1) is 6.92 Å². The summed E-state index contributed by atoms with van der Waals surface area (Å²) >= 11 is 10.2. The number of halogens is 1. The van der Waals surface area contributed by atoms with Gasteiger partial charge in [0.2, 0.25) is 0 Å². The Hall–Kier alpha value is -1.64. The average Bonchev–Trinajstić information content (AvgIpc) is 3.04. The minimum Gasteiger partial charge on any atom is -0.465 e. The molecule has 1 aromatic carbocycles. The zero-order valence-corrected chi connectivity index (χ0v) is 16.5. The Bertz CT molecular complexity index is 683. The van der Waals surface area contributed by atoms with Crippen molar-refractivity contribution < 1.29 is 4.42 Å². The molecule has 1 aliphatic heterocycles. The fraction of sp³-hybridized carbons (Fsp3) is 0.389. The van der Waals surface area contributed by atoms with E-state index in [1.54, 1.807) is 0 Å². The number of nitrogens with zero attached hydrogens (tertiary/aromatic N) is 2. The lowest BCUT2D eigenvalue weighted by atomic mass is 10.2. The predicted octanol–water partition coefficient (Wildman–Crippen LogP) is 2.25. The van der Waals surface area contributed by atoms with Gasteiger partial charge in [-0.1, -0.05) is 23.7 Å². The van der Waals surface area contributed by atoms with Crippen LogP contribution >= 0.6 is 23.8 Å². The normalized spacial score (nSPS) is 15.2. The molecule has 0 bridgehead atoms. The Balaban J connectivity index is 0.000000431. The maximum absolute atomic E-state index is 5.92. The summed E-state index contributed by atoms with van der Waals surface area (Å²) in [5.41, 5.74) is 8.15. The third-order valence-electron chi connectivity index (χ3n) is 4.10. The zero-order chi connectivity index (χ0) is 18.9. The van der Waals surface area contributed by atoms with Crippen LogP contribution in [0.3, 0.4) is 0 Å². The fourth-order valence-corrected chi connectivity index (χ4v) is 2.87. The van der Waals surface area contributed by atoms with Gasteiger partial charge in [-0.05, 0) is 49.0 Å². The number of thiocarbonyl (C=S) groups is 1. The van der Waals surface area contributed by atoms with E-state index < -0.39 is 0 Å². The number of furan rings is 1. The summed E-state index contributed by atoms with van der Waals surface area (Å²) in [5.74, 6) is 6.72. The standard InChI is InChI=1S/C17H21ClN2O.CH5N3S/c1-14-2-7-17(21-14)13-20-10-8-19(9-11-20)12-15-3-5-16(18)6-4-15;2-1(5)4-3/h2-7H,8-13H2,1H3;3H2,(H3,2,4,5). The molecule has 3 rings (SSSR count). The minimum atomic E-state index is 0.116. The van der Waals surface area contributed by atoms with Gasteiger partial charge in [0.15, 0.2) is 5.11 Å². The summed E-state index contributed by atoms with van der Waals surface area (Å²) in [6, 6.07) is 12.3. The molecule has 1 saturated heterocycles. The number of aryl methyl sites for hydroxylation is 1. The van der Waals surface area contributed by atoms with E-state index in [-0.39, 0.29) is 5.11 Å². The van der Waals surface area contributed by atoms with E-state index in [0.29, 0.717) is 0 Å². The first-order chi connectivity index (χ1) is 12.5. The second kappa shape index (κ2) is 10.5. The van der Waals surface area contributed by atoms with Crippen molar-refractivity contribution in [1.29, 1.82) is 0 Å². The lowest BCUT2D eigenvalue weighted by molar-refractivity contribution is 0.116. The highest BCUT2D eigenvalue weighted by molar-refractivity contribution is 7.80. The molecule has 2 heterocycles. The number of rotatable bonds is 4. The molecule has 1 fully saturated rings. The van der Waals surface area contributed by atoms with Crippen LogP contribution in [0.2, 0.25) is 5.02 Å². The summed E-state index contributed by atoms with van der Waals surface area (Å²) in [7, 11) is 0. The molecule has 2 aromatic rings. The van der Waals surface area contributed by atoms with Crippen molar-refractivity contribution in [2.45, 2.75) is 20.0 Å². The summed E-state index contributed by atoms with van der Waals surface area (Å²) in [6.45, 7) is 8.30. The van der Waals surface area contributed by atoms with Crippen LogP contribution in [0.15, 0.2) is 40.8 Å². The number of piperazine rings is 1. The molecule has 0 spiro atoms. The van der Waals surface area contributed by atoms with Crippen molar-refractivity contribution in [2.75, 3.05) is 26.2 Å².